The van der Waals surface area contributed by atoms with Crippen LogP contribution in [-0.4, -0.2) is 54.7 Å². The van der Waals surface area contributed by atoms with E-state index in [-0.39, 0.29) is 0 Å². The highest BCUT2D eigenvalue weighted by molar-refractivity contribution is 5.47. The van der Waals surface area contributed by atoms with Crippen molar-refractivity contribution in [3.05, 3.63) is 11.9 Å². The van der Waals surface area contributed by atoms with Crippen molar-refractivity contribution in [3.63, 3.8) is 0 Å². The van der Waals surface area contributed by atoms with Crippen LogP contribution in [0.3, 0.4) is 0 Å². The monoisotopic (exact) mass is 293 g/mol. The predicted molar refractivity (Wildman–Crippen MR) is 85.7 cm³/mol. The van der Waals surface area contributed by atoms with Gasteiger partial charge in [0.05, 0.1) is 0 Å². The number of aromatic nitrogens is 2. The van der Waals surface area contributed by atoms with Crippen LogP contribution < -0.4 is 10.6 Å². The Morgan fingerprint density at radius 2 is 1.81 bits per heavy atom. The molecule has 0 bridgehead atoms. The summed E-state index contributed by atoms with van der Waals surface area (Å²) < 4.78 is 5.14. The van der Waals surface area contributed by atoms with Crippen molar-refractivity contribution in [2.45, 2.75) is 32.8 Å². The van der Waals surface area contributed by atoms with E-state index in [0.717, 1.165) is 37.7 Å². The van der Waals surface area contributed by atoms with E-state index < -0.39 is 0 Å². The molecule has 0 aliphatic carbocycles. The Balaban J connectivity index is 1.90. The minimum absolute atomic E-state index is 0.433. The fourth-order valence-corrected chi connectivity index (χ4v) is 2.47. The molecule has 6 nitrogen and oxygen atoms in total. The number of hydrogen-bond donors (Lipinski definition) is 2. The Morgan fingerprint density at radius 1 is 1.14 bits per heavy atom. The van der Waals surface area contributed by atoms with E-state index in [0.29, 0.717) is 12.4 Å². The minimum atomic E-state index is 0.433. The highest BCUT2D eigenvalue weighted by atomic mass is 16.5. The first-order valence-corrected chi connectivity index (χ1v) is 7.89. The first kappa shape index (κ1) is 16.0. The van der Waals surface area contributed by atoms with Crippen molar-refractivity contribution in [2.75, 3.05) is 50.5 Å². The molecule has 0 atom stereocenters. The average molecular weight is 293 g/mol. The van der Waals surface area contributed by atoms with Gasteiger partial charge in [-0.1, -0.05) is 6.92 Å². The molecule has 0 unspecified atom stereocenters. The average Bonchev–Trinajstić information content (AvgIpc) is 2.99. The van der Waals surface area contributed by atoms with Gasteiger partial charge in [-0.25, -0.2) is 9.97 Å². The number of hydrogen-bond acceptors (Lipinski definition) is 6. The number of likely N-dealkylation sites (tertiary alicyclic amines) is 1. The maximum atomic E-state index is 5.14. The van der Waals surface area contributed by atoms with Crippen molar-refractivity contribution < 1.29 is 4.74 Å². The van der Waals surface area contributed by atoms with Crippen LogP contribution in [0, 0.1) is 0 Å². The van der Waals surface area contributed by atoms with Gasteiger partial charge in [-0.05, 0) is 32.4 Å². The molecule has 2 N–H and O–H groups in total. The molecular weight excluding hydrogens is 266 g/mol. The van der Waals surface area contributed by atoms with E-state index in [1.54, 1.807) is 7.11 Å². The summed E-state index contributed by atoms with van der Waals surface area (Å²) in [6, 6.07) is 1.97. The Hall–Kier alpha value is -1.40. The second-order valence-electron chi connectivity index (χ2n) is 5.39. The summed E-state index contributed by atoms with van der Waals surface area (Å²) in [5.74, 6) is 2.44. The second-order valence-corrected chi connectivity index (χ2v) is 5.39. The van der Waals surface area contributed by atoms with Gasteiger partial charge in [-0.3, -0.25) is 0 Å². The summed E-state index contributed by atoms with van der Waals surface area (Å²) in [4.78, 5) is 11.4. The Labute approximate surface area is 127 Å². The fraction of sp³-hybridized carbons (Fsp3) is 0.733. The molecule has 1 aliphatic rings. The molecule has 1 saturated heterocycles. The molecule has 0 spiro atoms. The van der Waals surface area contributed by atoms with E-state index in [9.17, 15) is 0 Å². The zero-order valence-electron chi connectivity index (χ0n) is 13.2. The molecule has 2 rings (SSSR count). The molecule has 21 heavy (non-hydrogen) atoms. The van der Waals surface area contributed by atoms with Gasteiger partial charge < -0.3 is 20.3 Å². The lowest BCUT2D eigenvalue weighted by Crippen LogP contribution is -2.26. The number of methoxy groups -OCH3 is 1. The Bertz CT molecular complexity index is 421. The lowest BCUT2D eigenvalue weighted by molar-refractivity contribution is 0.178. The normalized spacial score (nSPS) is 15.3. The molecule has 2 heterocycles. The topological polar surface area (TPSA) is 62.3 Å². The molecule has 1 fully saturated rings. The van der Waals surface area contributed by atoms with E-state index in [2.05, 4.69) is 32.4 Å². The highest BCUT2D eigenvalue weighted by Gasteiger charge is 2.11. The summed E-state index contributed by atoms with van der Waals surface area (Å²) in [6.45, 7) is 7.92. The molecule has 118 valence electrons. The van der Waals surface area contributed by atoms with Gasteiger partial charge in [0.1, 0.15) is 18.2 Å². The van der Waals surface area contributed by atoms with Gasteiger partial charge in [0.15, 0.2) is 5.82 Å². The SMILES string of the molecule is CCCNc1cc(NCCN2CCCC2)nc(COC)n1. The lowest BCUT2D eigenvalue weighted by Gasteiger charge is -2.15. The third-order valence-electron chi connectivity index (χ3n) is 3.53. The van der Waals surface area contributed by atoms with Crippen LogP contribution >= 0.6 is 0 Å². The number of nitrogens with zero attached hydrogens (tertiary/aromatic N) is 3. The van der Waals surface area contributed by atoms with Crippen LogP contribution in [0.4, 0.5) is 11.6 Å². The minimum Gasteiger partial charge on any atom is -0.377 e. The van der Waals surface area contributed by atoms with Crippen LogP contribution in [0.5, 0.6) is 0 Å². The molecule has 0 amide bonds. The van der Waals surface area contributed by atoms with Gasteiger partial charge in [0, 0.05) is 32.8 Å². The van der Waals surface area contributed by atoms with Gasteiger partial charge in [-0.2, -0.15) is 0 Å². The summed E-state index contributed by atoms with van der Waals surface area (Å²) in [6.07, 6.45) is 3.73. The fourth-order valence-electron chi connectivity index (χ4n) is 2.47. The van der Waals surface area contributed by atoms with Gasteiger partial charge in [-0.15, -0.1) is 0 Å². The molecule has 0 saturated carbocycles. The van der Waals surface area contributed by atoms with Crippen LogP contribution in [0.25, 0.3) is 0 Å². The van der Waals surface area contributed by atoms with Crippen LogP contribution in [0.2, 0.25) is 0 Å². The highest BCUT2D eigenvalue weighted by Crippen LogP contribution is 2.12. The van der Waals surface area contributed by atoms with Gasteiger partial charge in [0.25, 0.3) is 0 Å². The smallest absolute Gasteiger partial charge is 0.158 e. The molecule has 6 heteroatoms. The lowest BCUT2D eigenvalue weighted by atomic mass is 10.4. The molecule has 0 aromatic carbocycles. The summed E-state index contributed by atoms with van der Waals surface area (Å²) in [5.41, 5.74) is 0. The summed E-state index contributed by atoms with van der Waals surface area (Å²) in [7, 11) is 1.66. The predicted octanol–water partition coefficient (Wildman–Crippen LogP) is 1.95. The number of ether oxygens (including phenoxy) is 1. The third kappa shape index (κ3) is 5.47. The van der Waals surface area contributed by atoms with Gasteiger partial charge >= 0.3 is 0 Å². The quantitative estimate of drug-likeness (QED) is 0.725. The third-order valence-corrected chi connectivity index (χ3v) is 3.53. The second kappa shape index (κ2) is 8.79. The van der Waals surface area contributed by atoms with E-state index in [1.807, 2.05) is 6.07 Å². The largest absolute Gasteiger partial charge is 0.377 e. The molecule has 1 aromatic rings. The number of rotatable bonds is 9. The van der Waals surface area contributed by atoms with Crippen molar-refractivity contribution in [2.24, 2.45) is 0 Å². The van der Waals surface area contributed by atoms with E-state index in [1.165, 1.54) is 25.9 Å². The maximum Gasteiger partial charge on any atom is 0.158 e. The molecule has 1 aromatic heterocycles. The number of nitrogens with one attached hydrogen (secondary N) is 2. The van der Waals surface area contributed by atoms with Crippen LogP contribution in [-0.2, 0) is 11.3 Å². The summed E-state index contributed by atoms with van der Waals surface area (Å²) in [5, 5.41) is 6.71. The summed E-state index contributed by atoms with van der Waals surface area (Å²) >= 11 is 0. The van der Waals surface area contributed by atoms with E-state index in [4.69, 9.17) is 4.74 Å². The van der Waals surface area contributed by atoms with Crippen molar-refractivity contribution in [1.82, 2.24) is 14.9 Å². The standard InChI is InChI=1S/C15H27N5O/c1-3-6-16-13-11-14(19-15(18-13)12-21-2)17-7-10-20-8-4-5-9-20/h11H,3-10,12H2,1-2H3,(H2,16,17,18,19). The van der Waals surface area contributed by atoms with Gasteiger partial charge in [0.2, 0.25) is 0 Å². The first-order chi connectivity index (χ1) is 10.3. The van der Waals surface area contributed by atoms with Crippen molar-refractivity contribution >= 4 is 11.6 Å². The first-order valence-electron chi connectivity index (χ1n) is 7.89. The van der Waals surface area contributed by atoms with Crippen LogP contribution in [0.15, 0.2) is 6.07 Å². The maximum absolute atomic E-state index is 5.14. The Kier molecular flexibility index (Phi) is 6.69. The molecule has 0 radical (unpaired) electrons. The van der Waals surface area contributed by atoms with Crippen molar-refractivity contribution in [3.8, 4) is 0 Å². The number of anilines is 2. The molecular formula is C15H27N5O. The zero-order chi connectivity index (χ0) is 14.9. The zero-order valence-corrected chi connectivity index (χ0v) is 13.2. The molecule has 1 aliphatic heterocycles. The Morgan fingerprint density at radius 3 is 2.43 bits per heavy atom. The van der Waals surface area contributed by atoms with Crippen LogP contribution in [0.1, 0.15) is 32.0 Å². The van der Waals surface area contributed by atoms with Crippen molar-refractivity contribution in [1.29, 1.82) is 0 Å². The van der Waals surface area contributed by atoms with E-state index >= 15 is 0 Å².